The van der Waals surface area contributed by atoms with Gasteiger partial charge in [-0.15, -0.1) is 0 Å². The van der Waals surface area contributed by atoms with Crippen LogP contribution in [-0.2, 0) is 4.74 Å². The summed E-state index contributed by atoms with van der Waals surface area (Å²) in [5.41, 5.74) is -1.33. The molecule has 0 aliphatic carbocycles. The highest BCUT2D eigenvalue weighted by Crippen LogP contribution is 2.24. The largest absolute Gasteiger partial charge is 0.444 e. The molecule has 0 aromatic rings. The van der Waals surface area contributed by atoms with Gasteiger partial charge in [0, 0.05) is 12.3 Å². The van der Waals surface area contributed by atoms with E-state index in [-0.39, 0.29) is 6.09 Å². The van der Waals surface area contributed by atoms with E-state index in [9.17, 15) is 9.90 Å². The molecule has 15 heavy (non-hydrogen) atoms. The zero-order valence-electron chi connectivity index (χ0n) is 9.49. The zero-order chi connectivity index (χ0) is 11.7. The molecule has 1 amide bonds. The number of carbonyl (C=O) groups excluding carboxylic acids is 1. The summed E-state index contributed by atoms with van der Waals surface area (Å²) in [6.45, 7) is 6.32. The molecule has 1 heterocycles. The first kappa shape index (κ1) is 12.6. The molecule has 0 radical (unpaired) electrons. The van der Waals surface area contributed by atoms with Gasteiger partial charge in [-0.25, -0.2) is 4.79 Å². The Morgan fingerprint density at radius 3 is 2.60 bits per heavy atom. The van der Waals surface area contributed by atoms with Crippen LogP contribution in [0.25, 0.3) is 0 Å². The summed E-state index contributed by atoms with van der Waals surface area (Å²) < 4.78 is 5.21. The van der Waals surface area contributed by atoms with Crippen molar-refractivity contribution in [1.29, 1.82) is 0 Å². The van der Waals surface area contributed by atoms with Crippen LogP contribution in [0.5, 0.6) is 0 Å². The van der Waals surface area contributed by atoms with Crippen molar-refractivity contribution >= 4 is 18.7 Å². The van der Waals surface area contributed by atoms with Gasteiger partial charge in [0.1, 0.15) is 5.60 Å². The number of aliphatic hydroxyl groups is 1. The minimum Gasteiger partial charge on any atom is -0.444 e. The van der Waals surface area contributed by atoms with Crippen molar-refractivity contribution in [3.8, 4) is 0 Å². The van der Waals surface area contributed by atoms with Crippen LogP contribution in [0.3, 0.4) is 0 Å². The predicted octanol–water partition coefficient (Wildman–Crippen LogP) is 1.29. The quantitative estimate of drug-likeness (QED) is 0.671. The summed E-state index contributed by atoms with van der Waals surface area (Å²) in [5, 5.41) is 9.89. The fourth-order valence-corrected chi connectivity index (χ4v) is 1.73. The summed E-state index contributed by atoms with van der Waals surface area (Å²) in [5.74, 6) is 0.367. The standard InChI is InChI=1S/C10H19NO3S/c1-9(2,3)14-8(12)11-5-4-10(13,6-11)7-15/h13,15H,4-7H2,1-3H3. The van der Waals surface area contributed by atoms with E-state index in [1.54, 1.807) is 0 Å². The van der Waals surface area contributed by atoms with E-state index in [0.717, 1.165) is 0 Å². The van der Waals surface area contributed by atoms with Crippen LogP contribution in [0.4, 0.5) is 4.79 Å². The number of thiol groups is 1. The molecule has 0 saturated carbocycles. The number of β-amino-alcohol motifs (C(OH)–C–C–N with tert-alkyl or cyclic N) is 1. The fourth-order valence-electron chi connectivity index (χ4n) is 1.47. The second-order valence-electron chi connectivity index (χ2n) is 5.03. The van der Waals surface area contributed by atoms with Gasteiger partial charge < -0.3 is 14.7 Å². The van der Waals surface area contributed by atoms with Crippen LogP contribution in [-0.4, -0.2) is 46.1 Å². The number of hydrogen-bond acceptors (Lipinski definition) is 4. The van der Waals surface area contributed by atoms with Crippen molar-refractivity contribution in [2.45, 2.75) is 38.4 Å². The molecule has 1 aliphatic rings. The van der Waals surface area contributed by atoms with E-state index in [1.165, 1.54) is 4.90 Å². The zero-order valence-corrected chi connectivity index (χ0v) is 10.4. The highest BCUT2D eigenvalue weighted by atomic mass is 32.1. The van der Waals surface area contributed by atoms with Gasteiger partial charge >= 0.3 is 6.09 Å². The van der Waals surface area contributed by atoms with Crippen LogP contribution in [0.15, 0.2) is 0 Å². The second kappa shape index (κ2) is 4.22. The third kappa shape index (κ3) is 3.57. The first-order valence-electron chi connectivity index (χ1n) is 5.07. The molecule has 0 spiro atoms. The normalized spacial score (nSPS) is 26.9. The molecule has 88 valence electrons. The van der Waals surface area contributed by atoms with Gasteiger partial charge in [0.05, 0.1) is 12.1 Å². The number of rotatable bonds is 1. The van der Waals surface area contributed by atoms with Crippen molar-refractivity contribution in [1.82, 2.24) is 4.90 Å². The smallest absolute Gasteiger partial charge is 0.410 e. The Balaban J connectivity index is 2.51. The molecule has 5 heteroatoms. The summed E-state index contributed by atoms with van der Waals surface area (Å²) >= 11 is 4.07. The average molecular weight is 233 g/mol. The lowest BCUT2D eigenvalue weighted by atomic mass is 10.1. The Morgan fingerprint density at radius 2 is 2.20 bits per heavy atom. The van der Waals surface area contributed by atoms with E-state index in [0.29, 0.717) is 25.3 Å². The SMILES string of the molecule is CC(C)(C)OC(=O)N1CCC(O)(CS)C1. The third-order valence-electron chi connectivity index (χ3n) is 2.28. The van der Waals surface area contributed by atoms with Crippen LogP contribution < -0.4 is 0 Å². The number of hydrogen-bond donors (Lipinski definition) is 2. The van der Waals surface area contributed by atoms with Crippen LogP contribution >= 0.6 is 12.6 Å². The van der Waals surface area contributed by atoms with Gasteiger partial charge in [0.15, 0.2) is 0 Å². The lowest BCUT2D eigenvalue weighted by molar-refractivity contribution is 0.0202. The number of nitrogens with zero attached hydrogens (tertiary/aromatic N) is 1. The molecular formula is C10H19NO3S. The van der Waals surface area contributed by atoms with Crippen molar-refractivity contribution in [3.05, 3.63) is 0 Å². The highest BCUT2D eigenvalue weighted by molar-refractivity contribution is 7.80. The number of carbonyl (C=O) groups is 1. The molecular weight excluding hydrogens is 214 g/mol. The Kier molecular flexibility index (Phi) is 3.55. The van der Waals surface area contributed by atoms with Crippen LogP contribution in [0.2, 0.25) is 0 Å². The molecule has 1 N–H and O–H groups in total. The maximum atomic E-state index is 11.6. The topological polar surface area (TPSA) is 49.8 Å². The summed E-state index contributed by atoms with van der Waals surface area (Å²) in [6.07, 6.45) is 0.204. The molecule has 1 saturated heterocycles. The molecule has 1 unspecified atom stereocenters. The number of likely N-dealkylation sites (tertiary alicyclic amines) is 1. The van der Waals surface area contributed by atoms with Gasteiger partial charge in [0.2, 0.25) is 0 Å². The Morgan fingerprint density at radius 1 is 1.60 bits per heavy atom. The summed E-state index contributed by atoms with van der Waals surface area (Å²) in [6, 6.07) is 0. The Hall–Kier alpha value is -0.420. The highest BCUT2D eigenvalue weighted by Gasteiger charge is 2.38. The fraction of sp³-hybridized carbons (Fsp3) is 0.900. The molecule has 4 nitrogen and oxygen atoms in total. The van der Waals surface area contributed by atoms with Gasteiger partial charge in [-0.1, -0.05) is 0 Å². The first-order valence-corrected chi connectivity index (χ1v) is 5.70. The molecule has 0 aromatic heterocycles. The molecule has 1 fully saturated rings. The maximum Gasteiger partial charge on any atom is 0.410 e. The van der Waals surface area contributed by atoms with Crippen molar-refractivity contribution in [2.24, 2.45) is 0 Å². The van der Waals surface area contributed by atoms with E-state index in [4.69, 9.17) is 4.74 Å². The van der Waals surface area contributed by atoms with Gasteiger partial charge in [-0.2, -0.15) is 12.6 Å². The number of ether oxygens (including phenoxy) is 1. The predicted molar refractivity (Wildman–Crippen MR) is 61.2 cm³/mol. The van der Waals surface area contributed by atoms with Crippen molar-refractivity contribution in [3.63, 3.8) is 0 Å². The van der Waals surface area contributed by atoms with Gasteiger partial charge in [-0.05, 0) is 27.2 Å². The van der Waals surface area contributed by atoms with Gasteiger partial charge in [-0.3, -0.25) is 0 Å². The van der Waals surface area contributed by atoms with Crippen molar-refractivity contribution in [2.75, 3.05) is 18.8 Å². The van der Waals surface area contributed by atoms with E-state index in [2.05, 4.69) is 12.6 Å². The molecule has 1 rings (SSSR count). The van der Waals surface area contributed by atoms with E-state index < -0.39 is 11.2 Å². The summed E-state index contributed by atoms with van der Waals surface area (Å²) in [4.78, 5) is 13.2. The third-order valence-corrected chi connectivity index (χ3v) is 2.87. The molecule has 1 aliphatic heterocycles. The number of amides is 1. The average Bonchev–Trinajstić information content (AvgIpc) is 2.46. The van der Waals surface area contributed by atoms with Gasteiger partial charge in [0.25, 0.3) is 0 Å². The second-order valence-corrected chi connectivity index (χ2v) is 5.35. The first-order chi connectivity index (χ1) is 6.76. The van der Waals surface area contributed by atoms with Crippen LogP contribution in [0.1, 0.15) is 27.2 Å². The minimum absolute atomic E-state index is 0.311. The molecule has 0 aromatic carbocycles. The summed E-state index contributed by atoms with van der Waals surface area (Å²) in [7, 11) is 0. The van der Waals surface area contributed by atoms with Crippen molar-refractivity contribution < 1.29 is 14.6 Å². The van der Waals surface area contributed by atoms with E-state index in [1.807, 2.05) is 20.8 Å². The molecule has 1 atom stereocenters. The van der Waals surface area contributed by atoms with E-state index >= 15 is 0 Å². The Bertz CT molecular complexity index is 252. The minimum atomic E-state index is -0.847. The lowest BCUT2D eigenvalue weighted by Gasteiger charge is -2.25. The lowest BCUT2D eigenvalue weighted by Crippen LogP contribution is -2.40. The Labute approximate surface area is 96.0 Å². The monoisotopic (exact) mass is 233 g/mol. The maximum absolute atomic E-state index is 11.6. The molecule has 0 bridgehead atoms. The van der Waals surface area contributed by atoms with Crippen LogP contribution in [0, 0.1) is 0 Å².